The number of carbonyl (C=O) groups excluding carboxylic acids is 1. The van der Waals surface area contributed by atoms with E-state index in [9.17, 15) is 4.79 Å². The molecule has 36 heavy (non-hydrogen) atoms. The lowest BCUT2D eigenvalue weighted by molar-refractivity contribution is 0.0622. The number of aromatic nitrogens is 2. The molecule has 2 aliphatic heterocycles. The van der Waals surface area contributed by atoms with Crippen molar-refractivity contribution in [3.8, 4) is 5.75 Å². The van der Waals surface area contributed by atoms with Crippen LogP contribution >= 0.6 is 0 Å². The summed E-state index contributed by atoms with van der Waals surface area (Å²) in [5.74, 6) is 2.02. The zero-order valence-corrected chi connectivity index (χ0v) is 21.6. The predicted octanol–water partition coefficient (Wildman–Crippen LogP) is 5.04. The molecule has 1 atom stereocenters. The van der Waals surface area contributed by atoms with Crippen LogP contribution in [-0.2, 0) is 13.6 Å². The van der Waals surface area contributed by atoms with Crippen LogP contribution in [0.1, 0.15) is 58.9 Å². The Bertz CT molecular complexity index is 1130. The Hall–Kier alpha value is -3.12. The van der Waals surface area contributed by atoms with Crippen molar-refractivity contribution < 1.29 is 9.53 Å². The SMILES string of the molecule is Cc1cc(C(=O)N2CCCC(COc3ccc(CN4CCC(c5ccccc5)CC4)cc3)C2)n(C)n1. The molecular weight excluding hydrogens is 448 g/mol. The van der Waals surface area contributed by atoms with Crippen LogP contribution in [0, 0.1) is 12.8 Å². The highest BCUT2D eigenvalue weighted by molar-refractivity contribution is 5.92. The van der Waals surface area contributed by atoms with Crippen LogP contribution < -0.4 is 4.74 Å². The average Bonchev–Trinajstić information content (AvgIpc) is 3.26. The molecule has 6 nitrogen and oxygen atoms in total. The number of amides is 1. The molecule has 2 aliphatic rings. The Balaban J connectivity index is 1.07. The predicted molar refractivity (Wildman–Crippen MR) is 142 cm³/mol. The van der Waals surface area contributed by atoms with Gasteiger partial charge in [-0.1, -0.05) is 42.5 Å². The molecule has 1 aromatic heterocycles. The van der Waals surface area contributed by atoms with Gasteiger partial charge in [0.05, 0.1) is 12.3 Å². The number of ether oxygens (including phenoxy) is 1. The second-order valence-corrected chi connectivity index (χ2v) is 10.5. The van der Waals surface area contributed by atoms with Gasteiger partial charge in [0.15, 0.2) is 0 Å². The Labute approximate surface area is 214 Å². The number of nitrogens with zero attached hydrogens (tertiary/aromatic N) is 4. The van der Waals surface area contributed by atoms with Gasteiger partial charge >= 0.3 is 0 Å². The smallest absolute Gasteiger partial charge is 0.272 e. The maximum Gasteiger partial charge on any atom is 0.272 e. The lowest BCUT2D eigenvalue weighted by Crippen LogP contribution is -2.42. The molecule has 0 N–H and O–H groups in total. The normalized spacial score (nSPS) is 19.4. The largest absolute Gasteiger partial charge is 0.493 e. The lowest BCUT2D eigenvalue weighted by atomic mass is 9.89. The van der Waals surface area contributed by atoms with E-state index in [4.69, 9.17) is 4.74 Å². The van der Waals surface area contributed by atoms with E-state index in [-0.39, 0.29) is 5.91 Å². The second-order valence-electron chi connectivity index (χ2n) is 10.5. The Morgan fingerprint density at radius 1 is 1.00 bits per heavy atom. The number of hydrogen-bond donors (Lipinski definition) is 0. The van der Waals surface area contributed by atoms with E-state index in [2.05, 4.69) is 64.6 Å². The summed E-state index contributed by atoms with van der Waals surface area (Å²) < 4.78 is 7.83. The lowest BCUT2D eigenvalue weighted by Gasteiger charge is -2.32. The van der Waals surface area contributed by atoms with Crippen LogP contribution in [-0.4, -0.2) is 58.3 Å². The van der Waals surface area contributed by atoms with Crippen molar-refractivity contribution in [1.82, 2.24) is 19.6 Å². The number of likely N-dealkylation sites (tertiary alicyclic amines) is 2. The number of hydrogen-bond acceptors (Lipinski definition) is 4. The summed E-state index contributed by atoms with van der Waals surface area (Å²) >= 11 is 0. The van der Waals surface area contributed by atoms with Crippen LogP contribution in [0.15, 0.2) is 60.7 Å². The van der Waals surface area contributed by atoms with Crippen molar-refractivity contribution in [1.29, 1.82) is 0 Å². The van der Waals surface area contributed by atoms with Gasteiger partial charge < -0.3 is 9.64 Å². The molecule has 2 fully saturated rings. The quantitative estimate of drug-likeness (QED) is 0.470. The van der Waals surface area contributed by atoms with Gasteiger partial charge in [0.1, 0.15) is 11.4 Å². The first-order valence-electron chi connectivity index (χ1n) is 13.3. The van der Waals surface area contributed by atoms with E-state index in [1.807, 2.05) is 24.9 Å². The minimum absolute atomic E-state index is 0.0694. The third kappa shape index (κ3) is 5.98. The zero-order chi connectivity index (χ0) is 24.9. The van der Waals surface area contributed by atoms with Crippen molar-refractivity contribution in [3.63, 3.8) is 0 Å². The molecule has 1 amide bonds. The fourth-order valence-corrected chi connectivity index (χ4v) is 5.67. The van der Waals surface area contributed by atoms with Gasteiger partial charge in [0.25, 0.3) is 5.91 Å². The second kappa shape index (κ2) is 11.3. The summed E-state index contributed by atoms with van der Waals surface area (Å²) in [5.41, 5.74) is 4.35. The highest BCUT2D eigenvalue weighted by Crippen LogP contribution is 2.28. The third-order valence-electron chi connectivity index (χ3n) is 7.70. The average molecular weight is 487 g/mol. The molecule has 190 valence electrons. The minimum Gasteiger partial charge on any atom is -0.493 e. The van der Waals surface area contributed by atoms with E-state index in [1.54, 1.807) is 4.68 Å². The standard InChI is InChI=1S/C30H38N4O2/c1-23-19-29(32(2)31-23)30(35)34-16-6-7-25(21-34)22-36-28-12-10-24(11-13-28)20-33-17-14-27(15-18-33)26-8-4-3-5-9-26/h3-5,8-13,19,25,27H,6-7,14-18,20-22H2,1-2H3. The van der Waals surface area contributed by atoms with E-state index >= 15 is 0 Å². The van der Waals surface area contributed by atoms with Gasteiger partial charge in [-0.2, -0.15) is 5.10 Å². The van der Waals surface area contributed by atoms with Gasteiger partial charge in [0.2, 0.25) is 0 Å². The van der Waals surface area contributed by atoms with Crippen molar-refractivity contribution in [2.75, 3.05) is 32.8 Å². The van der Waals surface area contributed by atoms with Gasteiger partial charge in [0, 0.05) is 32.6 Å². The van der Waals surface area contributed by atoms with Crippen molar-refractivity contribution in [2.45, 2.75) is 45.1 Å². The van der Waals surface area contributed by atoms with E-state index < -0.39 is 0 Å². The van der Waals surface area contributed by atoms with Gasteiger partial charge in [-0.25, -0.2) is 0 Å². The zero-order valence-electron chi connectivity index (χ0n) is 21.6. The molecule has 3 aromatic rings. The number of rotatable bonds is 7. The Morgan fingerprint density at radius 3 is 2.44 bits per heavy atom. The Kier molecular flexibility index (Phi) is 7.71. The number of carbonyl (C=O) groups is 1. The number of aryl methyl sites for hydroxylation is 2. The maximum atomic E-state index is 13.0. The van der Waals surface area contributed by atoms with Crippen LogP contribution in [0.5, 0.6) is 5.75 Å². The molecule has 0 saturated carbocycles. The third-order valence-corrected chi connectivity index (χ3v) is 7.70. The molecule has 0 radical (unpaired) electrons. The molecule has 1 unspecified atom stereocenters. The summed E-state index contributed by atoms with van der Waals surface area (Å²) in [6.45, 7) is 7.38. The molecule has 0 spiro atoms. The molecule has 0 bridgehead atoms. The van der Waals surface area contributed by atoms with Crippen LogP contribution in [0.4, 0.5) is 0 Å². The highest BCUT2D eigenvalue weighted by Gasteiger charge is 2.27. The molecule has 5 rings (SSSR count). The molecule has 6 heteroatoms. The fraction of sp³-hybridized carbons (Fsp3) is 0.467. The van der Waals surface area contributed by atoms with Crippen LogP contribution in [0.25, 0.3) is 0 Å². The topological polar surface area (TPSA) is 50.6 Å². The summed E-state index contributed by atoms with van der Waals surface area (Å²) in [4.78, 5) is 17.5. The number of piperidine rings is 2. The summed E-state index contributed by atoms with van der Waals surface area (Å²) in [5, 5.41) is 4.32. The minimum atomic E-state index is 0.0694. The monoisotopic (exact) mass is 486 g/mol. The summed E-state index contributed by atoms with van der Waals surface area (Å²) in [6.07, 6.45) is 4.56. The fourth-order valence-electron chi connectivity index (χ4n) is 5.67. The first-order chi connectivity index (χ1) is 17.5. The molecule has 3 heterocycles. The van der Waals surface area contributed by atoms with Gasteiger partial charge in [-0.15, -0.1) is 0 Å². The van der Waals surface area contributed by atoms with Crippen molar-refractivity contribution in [3.05, 3.63) is 83.2 Å². The summed E-state index contributed by atoms with van der Waals surface area (Å²) in [6, 6.07) is 21.4. The van der Waals surface area contributed by atoms with Crippen LogP contribution in [0.3, 0.4) is 0 Å². The molecular formula is C30H38N4O2. The van der Waals surface area contributed by atoms with Crippen LogP contribution in [0.2, 0.25) is 0 Å². The van der Waals surface area contributed by atoms with E-state index in [1.165, 1.54) is 24.0 Å². The first-order valence-corrected chi connectivity index (χ1v) is 13.3. The van der Waals surface area contributed by atoms with E-state index in [0.717, 1.165) is 57.0 Å². The van der Waals surface area contributed by atoms with Crippen molar-refractivity contribution in [2.24, 2.45) is 13.0 Å². The maximum absolute atomic E-state index is 13.0. The summed E-state index contributed by atoms with van der Waals surface area (Å²) in [7, 11) is 1.83. The Morgan fingerprint density at radius 2 is 1.75 bits per heavy atom. The first kappa shape index (κ1) is 24.6. The van der Waals surface area contributed by atoms with Crippen molar-refractivity contribution >= 4 is 5.91 Å². The molecule has 0 aliphatic carbocycles. The molecule has 2 saturated heterocycles. The van der Waals surface area contributed by atoms with Gasteiger partial charge in [-0.05, 0) is 80.9 Å². The highest BCUT2D eigenvalue weighted by atomic mass is 16.5. The van der Waals surface area contributed by atoms with E-state index in [0.29, 0.717) is 24.1 Å². The van der Waals surface area contributed by atoms with Gasteiger partial charge in [-0.3, -0.25) is 14.4 Å². The molecule has 2 aromatic carbocycles. The number of benzene rings is 2.